The summed E-state index contributed by atoms with van der Waals surface area (Å²) in [6, 6.07) is 10.3. The first-order chi connectivity index (χ1) is 8.79. The van der Waals surface area contributed by atoms with Gasteiger partial charge in [0.2, 0.25) is 0 Å². The van der Waals surface area contributed by atoms with Crippen LogP contribution in [0.2, 0.25) is 0 Å². The van der Waals surface area contributed by atoms with Gasteiger partial charge < -0.3 is 10.1 Å². The molecule has 0 saturated carbocycles. The largest absolute Gasteiger partial charge is 0.496 e. The van der Waals surface area contributed by atoms with Crippen molar-refractivity contribution in [3.05, 3.63) is 50.6 Å². The fraction of sp³-hybridized carbons (Fsp3) is 0.286. The second kappa shape index (κ2) is 6.92. The van der Waals surface area contributed by atoms with E-state index in [1.807, 2.05) is 18.2 Å². The second-order valence-corrected chi connectivity index (χ2v) is 5.88. The Hall–Kier alpha value is -0.840. The molecule has 0 unspecified atom stereocenters. The molecule has 1 N–H and O–H groups in total. The monoisotopic (exact) mass is 325 g/mol. The predicted molar refractivity (Wildman–Crippen MR) is 80.4 cm³/mol. The maximum Gasteiger partial charge on any atom is 0.122 e. The summed E-state index contributed by atoms with van der Waals surface area (Å²) < 4.78 is 6.49. The summed E-state index contributed by atoms with van der Waals surface area (Å²) in [6.45, 7) is 1.88. The number of para-hydroxylation sites is 1. The molecule has 0 aliphatic rings. The first kappa shape index (κ1) is 13.6. The fourth-order valence-electron chi connectivity index (χ4n) is 1.79. The van der Waals surface area contributed by atoms with Crippen molar-refractivity contribution in [1.29, 1.82) is 0 Å². The fourth-order valence-corrected chi connectivity index (χ4v) is 3.21. The highest BCUT2D eigenvalue weighted by Gasteiger charge is 2.01. The summed E-state index contributed by atoms with van der Waals surface area (Å²) in [7, 11) is 1.72. The van der Waals surface area contributed by atoms with Gasteiger partial charge in [0.15, 0.2) is 0 Å². The SMILES string of the molecule is COc1ccccc1CCNCc1cc(Br)cs1. The maximum atomic E-state index is 5.33. The number of hydrogen-bond donors (Lipinski definition) is 1. The number of benzene rings is 1. The number of hydrogen-bond acceptors (Lipinski definition) is 3. The van der Waals surface area contributed by atoms with Crippen LogP contribution in [0.3, 0.4) is 0 Å². The number of ether oxygens (including phenoxy) is 1. The van der Waals surface area contributed by atoms with Gasteiger partial charge in [0.25, 0.3) is 0 Å². The summed E-state index contributed by atoms with van der Waals surface area (Å²) in [6.07, 6.45) is 0.983. The Morgan fingerprint density at radius 2 is 2.17 bits per heavy atom. The molecule has 1 aromatic heterocycles. The van der Waals surface area contributed by atoms with Gasteiger partial charge >= 0.3 is 0 Å². The summed E-state index contributed by atoms with van der Waals surface area (Å²) in [5, 5.41) is 5.56. The summed E-state index contributed by atoms with van der Waals surface area (Å²) in [5.41, 5.74) is 1.25. The molecule has 0 radical (unpaired) electrons. The van der Waals surface area contributed by atoms with Crippen molar-refractivity contribution >= 4 is 27.3 Å². The minimum absolute atomic E-state index is 0.922. The van der Waals surface area contributed by atoms with E-state index >= 15 is 0 Å². The van der Waals surface area contributed by atoms with Crippen molar-refractivity contribution in [3.8, 4) is 5.75 Å². The first-order valence-corrected chi connectivity index (χ1v) is 7.52. The van der Waals surface area contributed by atoms with Crippen LogP contribution in [-0.4, -0.2) is 13.7 Å². The van der Waals surface area contributed by atoms with E-state index in [-0.39, 0.29) is 0 Å². The maximum absolute atomic E-state index is 5.33. The van der Waals surface area contributed by atoms with Crippen LogP contribution in [0.1, 0.15) is 10.4 Å². The van der Waals surface area contributed by atoms with E-state index in [9.17, 15) is 0 Å². The minimum atomic E-state index is 0.922. The lowest BCUT2D eigenvalue weighted by Gasteiger charge is -2.08. The van der Waals surface area contributed by atoms with Gasteiger partial charge in [-0.3, -0.25) is 0 Å². The number of methoxy groups -OCH3 is 1. The molecule has 0 bridgehead atoms. The standard InChI is InChI=1S/C14H16BrNOS/c1-17-14-5-3-2-4-11(14)6-7-16-9-13-8-12(15)10-18-13/h2-5,8,10,16H,6-7,9H2,1H3. The van der Waals surface area contributed by atoms with Crippen molar-refractivity contribution in [2.24, 2.45) is 0 Å². The van der Waals surface area contributed by atoms with Crippen molar-refractivity contribution in [2.75, 3.05) is 13.7 Å². The zero-order valence-corrected chi connectivity index (χ0v) is 12.7. The van der Waals surface area contributed by atoms with Gasteiger partial charge in [0, 0.05) is 21.3 Å². The number of halogens is 1. The van der Waals surface area contributed by atoms with Gasteiger partial charge in [-0.15, -0.1) is 11.3 Å². The van der Waals surface area contributed by atoms with Crippen molar-refractivity contribution in [2.45, 2.75) is 13.0 Å². The van der Waals surface area contributed by atoms with Gasteiger partial charge in [-0.2, -0.15) is 0 Å². The highest BCUT2D eigenvalue weighted by atomic mass is 79.9. The summed E-state index contributed by atoms with van der Waals surface area (Å²) in [4.78, 5) is 1.35. The Balaban J connectivity index is 1.78. The van der Waals surface area contributed by atoms with Gasteiger partial charge in [-0.05, 0) is 46.6 Å². The average molecular weight is 326 g/mol. The van der Waals surface area contributed by atoms with Crippen LogP contribution < -0.4 is 10.1 Å². The minimum Gasteiger partial charge on any atom is -0.496 e. The quantitative estimate of drug-likeness (QED) is 0.814. The average Bonchev–Trinajstić information content (AvgIpc) is 2.81. The normalized spacial score (nSPS) is 10.6. The molecule has 0 amide bonds. The smallest absolute Gasteiger partial charge is 0.122 e. The van der Waals surface area contributed by atoms with Gasteiger partial charge in [0.1, 0.15) is 5.75 Å². The van der Waals surface area contributed by atoms with Crippen LogP contribution in [0.15, 0.2) is 40.2 Å². The van der Waals surface area contributed by atoms with Crippen molar-refractivity contribution in [3.63, 3.8) is 0 Å². The molecule has 0 saturated heterocycles. The van der Waals surface area contributed by atoms with Gasteiger partial charge in [0.05, 0.1) is 7.11 Å². The van der Waals surface area contributed by atoms with Crippen LogP contribution in [0, 0.1) is 0 Å². The molecule has 0 aliphatic heterocycles. The van der Waals surface area contributed by atoms with E-state index in [2.05, 4.69) is 38.8 Å². The molecule has 0 atom stereocenters. The third-order valence-corrected chi connectivity index (χ3v) is 4.38. The predicted octanol–water partition coefficient (Wildman–Crippen LogP) is 3.85. The van der Waals surface area contributed by atoms with E-state index < -0.39 is 0 Å². The molecule has 2 nitrogen and oxygen atoms in total. The van der Waals surface area contributed by atoms with Crippen molar-refractivity contribution in [1.82, 2.24) is 5.32 Å². The Bertz CT molecular complexity index is 498. The van der Waals surface area contributed by atoms with Crippen LogP contribution in [-0.2, 0) is 13.0 Å². The van der Waals surface area contributed by atoms with Crippen molar-refractivity contribution < 1.29 is 4.74 Å². The first-order valence-electron chi connectivity index (χ1n) is 5.85. The zero-order chi connectivity index (χ0) is 12.8. The lowest BCUT2D eigenvalue weighted by molar-refractivity contribution is 0.409. The lowest BCUT2D eigenvalue weighted by atomic mass is 10.1. The van der Waals surface area contributed by atoms with E-state index in [0.29, 0.717) is 0 Å². The van der Waals surface area contributed by atoms with Crippen LogP contribution in [0.25, 0.3) is 0 Å². The molecule has 1 heterocycles. The molecule has 96 valence electrons. The molecule has 0 fully saturated rings. The van der Waals surface area contributed by atoms with Crippen LogP contribution >= 0.6 is 27.3 Å². The molecule has 2 rings (SSSR count). The van der Waals surface area contributed by atoms with E-state index in [4.69, 9.17) is 4.74 Å². The van der Waals surface area contributed by atoms with Crippen LogP contribution in [0.5, 0.6) is 5.75 Å². The Kier molecular flexibility index (Phi) is 5.23. The third-order valence-electron chi connectivity index (χ3n) is 2.68. The number of rotatable bonds is 6. The Morgan fingerprint density at radius 3 is 2.89 bits per heavy atom. The number of thiophene rings is 1. The summed E-state index contributed by atoms with van der Waals surface area (Å²) >= 11 is 5.23. The lowest BCUT2D eigenvalue weighted by Crippen LogP contribution is -2.16. The van der Waals surface area contributed by atoms with E-state index in [0.717, 1.165) is 29.7 Å². The molecule has 1 aromatic carbocycles. The third kappa shape index (κ3) is 3.83. The second-order valence-electron chi connectivity index (χ2n) is 3.97. The molecule has 0 aliphatic carbocycles. The van der Waals surface area contributed by atoms with Gasteiger partial charge in [-0.1, -0.05) is 18.2 Å². The zero-order valence-electron chi connectivity index (χ0n) is 10.3. The Morgan fingerprint density at radius 1 is 1.33 bits per heavy atom. The molecular formula is C14H16BrNOS. The van der Waals surface area contributed by atoms with Gasteiger partial charge in [-0.25, -0.2) is 0 Å². The summed E-state index contributed by atoms with van der Waals surface area (Å²) in [5.74, 6) is 0.971. The molecule has 2 aromatic rings. The molecule has 18 heavy (non-hydrogen) atoms. The highest BCUT2D eigenvalue weighted by molar-refractivity contribution is 9.10. The van der Waals surface area contributed by atoms with E-state index in [1.54, 1.807) is 18.4 Å². The van der Waals surface area contributed by atoms with Crippen LogP contribution in [0.4, 0.5) is 0 Å². The molecule has 4 heteroatoms. The molecular weight excluding hydrogens is 310 g/mol. The topological polar surface area (TPSA) is 21.3 Å². The highest BCUT2D eigenvalue weighted by Crippen LogP contribution is 2.20. The Labute approximate surface area is 120 Å². The van der Waals surface area contributed by atoms with E-state index in [1.165, 1.54) is 10.4 Å². The molecule has 0 spiro atoms. The number of nitrogens with one attached hydrogen (secondary N) is 1.